The van der Waals surface area contributed by atoms with Crippen LogP contribution in [0.15, 0.2) is 137 Å². The topological polar surface area (TPSA) is 47.9 Å². The summed E-state index contributed by atoms with van der Waals surface area (Å²) in [5.41, 5.74) is 8.78. The van der Waals surface area contributed by atoms with Crippen molar-refractivity contribution in [1.82, 2.24) is 15.0 Å². The van der Waals surface area contributed by atoms with Crippen LogP contribution in [-0.4, -0.2) is 15.0 Å². The molecule has 0 N–H and O–H groups in total. The van der Waals surface area contributed by atoms with Gasteiger partial charge in [-0.25, -0.2) is 15.0 Å². The molecule has 7 aromatic rings. The smallest absolute Gasteiger partial charge is 0.164 e. The van der Waals surface area contributed by atoms with E-state index < -0.39 is 0 Å². The summed E-state index contributed by atoms with van der Waals surface area (Å²) in [6.07, 6.45) is 6.77. The van der Waals surface area contributed by atoms with Crippen LogP contribution in [0.3, 0.4) is 0 Å². The van der Waals surface area contributed by atoms with Crippen LogP contribution in [0.2, 0.25) is 0 Å². The highest BCUT2D eigenvalue weighted by atomic mass is 32.2. The molecule has 0 saturated heterocycles. The highest BCUT2D eigenvalue weighted by molar-refractivity contribution is 7.99. The van der Waals surface area contributed by atoms with Crippen molar-refractivity contribution in [2.24, 2.45) is 23.7 Å². The van der Waals surface area contributed by atoms with E-state index in [-0.39, 0.29) is 5.41 Å². The molecule has 4 bridgehead atoms. The molecular formula is C47H35N3OS. The lowest BCUT2D eigenvalue weighted by molar-refractivity contribution is -0.0410. The Morgan fingerprint density at radius 2 is 1.25 bits per heavy atom. The van der Waals surface area contributed by atoms with E-state index in [0.717, 1.165) is 45.4 Å². The third kappa shape index (κ3) is 4.09. The van der Waals surface area contributed by atoms with E-state index in [2.05, 4.69) is 109 Å². The molecule has 2 heterocycles. The van der Waals surface area contributed by atoms with Gasteiger partial charge in [-0.15, -0.1) is 0 Å². The van der Waals surface area contributed by atoms with E-state index in [9.17, 15) is 0 Å². The van der Waals surface area contributed by atoms with Gasteiger partial charge < -0.3 is 4.74 Å². The molecule has 0 unspecified atom stereocenters. The largest absolute Gasteiger partial charge is 0.455 e. The van der Waals surface area contributed by atoms with E-state index in [0.29, 0.717) is 29.3 Å². The number of rotatable bonds is 3. The van der Waals surface area contributed by atoms with Gasteiger partial charge in [-0.05, 0) is 113 Å². The first kappa shape index (κ1) is 29.3. The molecule has 1 aromatic heterocycles. The first-order valence-corrected chi connectivity index (χ1v) is 19.6. The molecule has 6 aliphatic rings. The SMILES string of the molecule is c1ccc(-c2nc(-c3ccc4c(c3)-c3ccc5c(c3C43C4CC6CC(C4)CC3C6)Sc3ccccc3O5)nc(-c3cccc4ccccc34)n2)cc1. The van der Waals surface area contributed by atoms with Crippen molar-refractivity contribution in [3.05, 3.63) is 139 Å². The molecule has 1 spiro atoms. The maximum Gasteiger partial charge on any atom is 0.164 e. The molecular weight excluding hydrogens is 655 g/mol. The molecule has 5 aliphatic carbocycles. The van der Waals surface area contributed by atoms with Crippen molar-refractivity contribution >= 4 is 22.5 Å². The molecule has 4 saturated carbocycles. The number of hydrogen-bond donors (Lipinski definition) is 0. The maximum absolute atomic E-state index is 6.67. The zero-order valence-corrected chi connectivity index (χ0v) is 29.4. The van der Waals surface area contributed by atoms with Gasteiger partial charge in [0.2, 0.25) is 0 Å². The summed E-state index contributed by atoms with van der Waals surface area (Å²) in [5, 5.41) is 2.31. The first-order valence-electron chi connectivity index (χ1n) is 18.8. The lowest BCUT2D eigenvalue weighted by atomic mass is 9.43. The summed E-state index contributed by atoms with van der Waals surface area (Å²) in [6.45, 7) is 0. The van der Waals surface area contributed by atoms with Crippen LogP contribution in [-0.2, 0) is 5.41 Å². The van der Waals surface area contributed by atoms with Crippen molar-refractivity contribution in [2.75, 3.05) is 0 Å². The minimum absolute atomic E-state index is 0.00696. The lowest BCUT2D eigenvalue weighted by Crippen LogP contribution is -2.55. The third-order valence-corrected chi connectivity index (χ3v) is 14.1. The minimum Gasteiger partial charge on any atom is -0.455 e. The van der Waals surface area contributed by atoms with Crippen molar-refractivity contribution in [3.8, 4) is 56.8 Å². The maximum atomic E-state index is 6.67. The number of ether oxygens (including phenoxy) is 1. The summed E-state index contributed by atoms with van der Waals surface area (Å²) >= 11 is 1.92. The van der Waals surface area contributed by atoms with Gasteiger partial charge in [0.1, 0.15) is 11.5 Å². The number of hydrogen-bond acceptors (Lipinski definition) is 5. The van der Waals surface area contributed by atoms with Crippen LogP contribution in [0.25, 0.3) is 56.1 Å². The summed E-state index contributed by atoms with van der Waals surface area (Å²) < 4.78 is 6.67. The number of nitrogens with zero attached hydrogens (tertiary/aromatic N) is 3. The summed E-state index contributed by atoms with van der Waals surface area (Å²) in [5.74, 6) is 7.11. The molecule has 250 valence electrons. The van der Waals surface area contributed by atoms with Crippen LogP contribution in [0.1, 0.15) is 43.2 Å². The monoisotopic (exact) mass is 689 g/mol. The fourth-order valence-electron chi connectivity index (χ4n) is 11.2. The highest BCUT2D eigenvalue weighted by Crippen LogP contribution is 2.72. The zero-order valence-electron chi connectivity index (χ0n) is 28.6. The van der Waals surface area contributed by atoms with Crippen LogP contribution in [0.4, 0.5) is 0 Å². The highest BCUT2D eigenvalue weighted by Gasteiger charge is 2.62. The fraction of sp³-hybridized carbons (Fsp3) is 0.213. The zero-order chi connectivity index (χ0) is 34.0. The van der Waals surface area contributed by atoms with Crippen LogP contribution >= 0.6 is 11.8 Å². The second-order valence-electron chi connectivity index (χ2n) is 15.6. The Labute approximate surface area is 307 Å². The normalized spacial score (nSPS) is 24.3. The van der Waals surface area contributed by atoms with Crippen LogP contribution in [0.5, 0.6) is 11.5 Å². The molecule has 13 rings (SSSR count). The number of benzene rings is 6. The van der Waals surface area contributed by atoms with Gasteiger partial charge in [-0.3, -0.25) is 0 Å². The molecule has 5 heteroatoms. The molecule has 0 radical (unpaired) electrons. The predicted molar refractivity (Wildman–Crippen MR) is 208 cm³/mol. The second-order valence-corrected chi connectivity index (χ2v) is 16.7. The van der Waals surface area contributed by atoms with Crippen LogP contribution < -0.4 is 4.74 Å². The lowest BCUT2D eigenvalue weighted by Gasteiger charge is -2.61. The van der Waals surface area contributed by atoms with Gasteiger partial charge in [0.05, 0.1) is 9.79 Å². The van der Waals surface area contributed by atoms with E-state index in [1.807, 2.05) is 30.0 Å². The predicted octanol–water partition coefficient (Wildman–Crippen LogP) is 12.0. The minimum atomic E-state index is 0.00696. The Hall–Kier alpha value is -5.26. The van der Waals surface area contributed by atoms with Gasteiger partial charge in [0.25, 0.3) is 0 Å². The van der Waals surface area contributed by atoms with Crippen molar-refractivity contribution in [2.45, 2.75) is 47.3 Å². The Kier molecular flexibility index (Phi) is 6.14. The van der Waals surface area contributed by atoms with E-state index >= 15 is 0 Å². The number of aromatic nitrogens is 3. The van der Waals surface area contributed by atoms with Gasteiger partial charge in [-0.1, -0.05) is 115 Å². The van der Waals surface area contributed by atoms with Gasteiger partial charge in [0.15, 0.2) is 17.5 Å². The van der Waals surface area contributed by atoms with Crippen LogP contribution in [0, 0.1) is 23.7 Å². The van der Waals surface area contributed by atoms with Crippen molar-refractivity contribution in [1.29, 1.82) is 0 Å². The Balaban J connectivity index is 1.08. The standard InChI is InChI=1S/C47H35N3OS/c1-2-10-30(11-3-1)44-48-45(50-46(49-44)36-14-8-12-29-9-4-5-13-34(29)36)31-17-19-38-37(26-31)35-18-20-40-43(52-41-16-7-6-15-39(41)51-40)42(35)47(38)32-22-27-21-28(24-32)25-33(47)23-27/h1-20,26-28,32-33H,21-25H2. The average Bonchev–Trinajstić information content (AvgIpc) is 3.49. The summed E-state index contributed by atoms with van der Waals surface area (Å²) in [6, 6.07) is 45.4. The molecule has 4 fully saturated rings. The van der Waals surface area contributed by atoms with Crippen molar-refractivity contribution < 1.29 is 4.74 Å². The Bertz CT molecular complexity index is 2580. The number of para-hydroxylation sites is 1. The molecule has 52 heavy (non-hydrogen) atoms. The van der Waals surface area contributed by atoms with E-state index in [1.54, 1.807) is 0 Å². The fourth-order valence-corrected chi connectivity index (χ4v) is 12.3. The molecule has 0 atom stereocenters. The first-order chi connectivity index (χ1) is 25.7. The second kappa shape index (κ2) is 10.9. The van der Waals surface area contributed by atoms with Crippen molar-refractivity contribution in [3.63, 3.8) is 0 Å². The molecule has 1 aliphatic heterocycles. The van der Waals surface area contributed by atoms with Gasteiger partial charge >= 0.3 is 0 Å². The average molecular weight is 690 g/mol. The Morgan fingerprint density at radius 1 is 0.538 bits per heavy atom. The molecule has 4 nitrogen and oxygen atoms in total. The molecule has 0 amide bonds. The Morgan fingerprint density at radius 3 is 2.10 bits per heavy atom. The summed E-state index contributed by atoms with van der Waals surface area (Å²) in [7, 11) is 0. The molecule has 6 aromatic carbocycles. The quantitative estimate of drug-likeness (QED) is 0.185. The van der Waals surface area contributed by atoms with Gasteiger partial charge in [0, 0.05) is 22.1 Å². The van der Waals surface area contributed by atoms with E-state index in [1.165, 1.54) is 69.5 Å². The third-order valence-electron chi connectivity index (χ3n) is 13.0. The van der Waals surface area contributed by atoms with Gasteiger partial charge in [-0.2, -0.15) is 0 Å². The number of fused-ring (bicyclic) bond motifs is 7. The van der Waals surface area contributed by atoms with E-state index in [4.69, 9.17) is 19.7 Å². The summed E-state index contributed by atoms with van der Waals surface area (Å²) in [4.78, 5) is 18.1.